The van der Waals surface area contributed by atoms with Gasteiger partial charge >= 0.3 is 0 Å². The van der Waals surface area contributed by atoms with Crippen LogP contribution in [0.5, 0.6) is 0 Å². The molecule has 6 heteroatoms. The van der Waals surface area contributed by atoms with E-state index in [4.69, 9.17) is 5.73 Å². The van der Waals surface area contributed by atoms with Gasteiger partial charge in [0.25, 0.3) is 0 Å². The Morgan fingerprint density at radius 2 is 1.68 bits per heavy atom. The van der Waals surface area contributed by atoms with Gasteiger partial charge in [-0.1, -0.05) is 6.92 Å². The van der Waals surface area contributed by atoms with Crippen molar-refractivity contribution in [2.45, 2.75) is 19.9 Å². The van der Waals surface area contributed by atoms with Crippen molar-refractivity contribution in [3.8, 4) is 0 Å². The van der Waals surface area contributed by atoms with Gasteiger partial charge in [0.05, 0.1) is 6.54 Å². The van der Waals surface area contributed by atoms with Crippen molar-refractivity contribution in [3.05, 3.63) is 0 Å². The minimum absolute atomic E-state index is 0.0893. The highest BCUT2D eigenvalue weighted by Crippen LogP contribution is 2.14. The Balaban J connectivity index is 1.77. The topological polar surface area (TPSA) is 69.9 Å². The van der Waals surface area contributed by atoms with Crippen LogP contribution in [0, 0.1) is 5.92 Å². The van der Waals surface area contributed by atoms with Gasteiger partial charge in [-0.3, -0.25) is 14.5 Å². The van der Waals surface area contributed by atoms with Gasteiger partial charge in [0, 0.05) is 52.2 Å². The Morgan fingerprint density at radius 1 is 1.11 bits per heavy atom. The molecule has 0 radical (unpaired) electrons. The maximum atomic E-state index is 12.2. The highest BCUT2D eigenvalue weighted by atomic mass is 16.2. The molecule has 2 heterocycles. The lowest BCUT2D eigenvalue weighted by molar-refractivity contribution is -0.139. The molecule has 108 valence electrons. The number of hydrogen-bond donors (Lipinski definition) is 1. The van der Waals surface area contributed by atoms with Crippen molar-refractivity contribution in [2.75, 3.05) is 45.8 Å². The second-order valence-electron chi connectivity index (χ2n) is 5.72. The molecule has 0 bridgehead atoms. The van der Waals surface area contributed by atoms with E-state index < -0.39 is 0 Å². The van der Waals surface area contributed by atoms with Crippen LogP contribution in [-0.4, -0.2) is 78.4 Å². The standard InChI is InChI=1S/C13H24N4O2/c1-10-7-15(8-12(10)14)9-13(19)17-5-3-16(4-6-17)11(2)18/h10,12H,3-9,14H2,1-2H3. The summed E-state index contributed by atoms with van der Waals surface area (Å²) in [7, 11) is 0. The summed E-state index contributed by atoms with van der Waals surface area (Å²) in [6, 6.07) is 0.183. The number of nitrogens with zero attached hydrogens (tertiary/aromatic N) is 3. The Labute approximate surface area is 114 Å². The fraction of sp³-hybridized carbons (Fsp3) is 0.846. The predicted molar refractivity (Wildman–Crippen MR) is 72.4 cm³/mol. The first-order valence-electron chi connectivity index (χ1n) is 6.98. The third kappa shape index (κ3) is 3.45. The minimum Gasteiger partial charge on any atom is -0.339 e. The van der Waals surface area contributed by atoms with Crippen molar-refractivity contribution >= 4 is 11.8 Å². The van der Waals surface area contributed by atoms with Gasteiger partial charge in [0.2, 0.25) is 11.8 Å². The number of rotatable bonds is 2. The summed E-state index contributed by atoms with van der Waals surface area (Å²) in [4.78, 5) is 29.2. The molecule has 19 heavy (non-hydrogen) atoms. The molecule has 6 nitrogen and oxygen atoms in total. The first-order valence-corrected chi connectivity index (χ1v) is 6.98. The second-order valence-corrected chi connectivity index (χ2v) is 5.72. The van der Waals surface area contributed by atoms with Crippen LogP contribution in [0.4, 0.5) is 0 Å². The number of amides is 2. The van der Waals surface area contributed by atoms with Gasteiger partial charge in [-0.2, -0.15) is 0 Å². The quantitative estimate of drug-likeness (QED) is 0.694. The van der Waals surface area contributed by atoms with Crippen LogP contribution in [0.2, 0.25) is 0 Å². The molecule has 0 aliphatic carbocycles. The van der Waals surface area contributed by atoms with Crippen molar-refractivity contribution in [3.63, 3.8) is 0 Å². The molecule has 0 saturated carbocycles. The van der Waals surface area contributed by atoms with E-state index in [0.29, 0.717) is 38.6 Å². The SMILES string of the molecule is CC(=O)N1CCN(C(=O)CN2CC(C)C(N)C2)CC1. The number of hydrogen-bond acceptors (Lipinski definition) is 4. The molecule has 2 aliphatic rings. The van der Waals surface area contributed by atoms with E-state index >= 15 is 0 Å². The molecule has 0 aromatic rings. The highest BCUT2D eigenvalue weighted by Gasteiger charge is 2.30. The second kappa shape index (κ2) is 5.88. The molecule has 0 spiro atoms. The maximum absolute atomic E-state index is 12.2. The van der Waals surface area contributed by atoms with E-state index in [-0.39, 0.29) is 17.9 Å². The van der Waals surface area contributed by atoms with E-state index in [1.807, 2.05) is 4.90 Å². The summed E-state index contributed by atoms with van der Waals surface area (Å²) in [6.45, 7) is 8.46. The zero-order chi connectivity index (χ0) is 14.0. The van der Waals surface area contributed by atoms with E-state index in [0.717, 1.165) is 13.1 Å². The third-order valence-corrected chi connectivity index (χ3v) is 4.18. The number of carbonyl (C=O) groups excluding carboxylic acids is 2. The van der Waals surface area contributed by atoms with Crippen LogP contribution in [0.1, 0.15) is 13.8 Å². The monoisotopic (exact) mass is 268 g/mol. The largest absolute Gasteiger partial charge is 0.339 e. The molecular weight excluding hydrogens is 244 g/mol. The van der Waals surface area contributed by atoms with Crippen molar-refractivity contribution in [2.24, 2.45) is 11.7 Å². The summed E-state index contributed by atoms with van der Waals surface area (Å²) in [5, 5.41) is 0. The Kier molecular flexibility index (Phi) is 4.42. The van der Waals surface area contributed by atoms with Crippen LogP contribution in [0.15, 0.2) is 0 Å². The van der Waals surface area contributed by atoms with Gasteiger partial charge in [0.15, 0.2) is 0 Å². The summed E-state index contributed by atoms with van der Waals surface area (Å²) in [6.07, 6.45) is 0. The maximum Gasteiger partial charge on any atom is 0.236 e. The van der Waals surface area contributed by atoms with Crippen LogP contribution < -0.4 is 5.73 Å². The van der Waals surface area contributed by atoms with Crippen molar-refractivity contribution in [1.82, 2.24) is 14.7 Å². The first kappa shape index (κ1) is 14.3. The molecular formula is C13H24N4O2. The number of nitrogens with two attached hydrogens (primary N) is 1. The van der Waals surface area contributed by atoms with Crippen LogP contribution in [0.25, 0.3) is 0 Å². The van der Waals surface area contributed by atoms with E-state index in [1.54, 1.807) is 11.8 Å². The van der Waals surface area contributed by atoms with Gasteiger partial charge in [0.1, 0.15) is 0 Å². The van der Waals surface area contributed by atoms with Crippen LogP contribution in [-0.2, 0) is 9.59 Å². The molecule has 2 N–H and O–H groups in total. The normalized spacial score (nSPS) is 28.8. The summed E-state index contributed by atoms with van der Waals surface area (Å²) < 4.78 is 0. The summed E-state index contributed by atoms with van der Waals surface area (Å²) >= 11 is 0. The smallest absolute Gasteiger partial charge is 0.236 e. The Morgan fingerprint density at radius 3 is 2.16 bits per heavy atom. The zero-order valence-corrected chi connectivity index (χ0v) is 11.8. The van der Waals surface area contributed by atoms with Gasteiger partial charge in [-0.05, 0) is 5.92 Å². The molecule has 0 aromatic carbocycles. The van der Waals surface area contributed by atoms with E-state index in [9.17, 15) is 9.59 Å². The van der Waals surface area contributed by atoms with Crippen molar-refractivity contribution < 1.29 is 9.59 Å². The molecule has 2 atom stereocenters. The molecule has 2 fully saturated rings. The van der Waals surface area contributed by atoms with Gasteiger partial charge in [-0.25, -0.2) is 0 Å². The lowest BCUT2D eigenvalue weighted by Crippen LogP contribution is -2.52. The Bertz CT molecular complexity index is 343. The molecule has 2 amide bonds. The van der Waals surface area contributed by atoms with Crippen LogP contribution >= 0.6 is 0 Å². The predicted octanol–water partition coefficient (Wildman–Crippen LogP) is -1.04. The average Bonchev–Trinajstić information content (AvgIpc) is 2.68. The number of likely N-dealkylation sites (tertiary alicyclic amines) is 1. The number of carbonyl (C=O) groups is 2. The highest BCUT2D eigenvalue weighted by molar-refractivity contribution is 5.79. The molecule has 2 aliphatic heterocycles. The molecule has 2 rings (SSSR count). The Hall–Kier alpha value is -1.14. The fourth-order valence-corrected chi connectivity index (χ4v) is 2.79. The third-order valence-electron chi connectivity index (χ3n) is 4.18. The van der Waals surface area contributed by atoms with Crippen molar-refractivity contribution in [1.29, 1.82) is 0 Å². The average molecular weight is 268 g/mol. The van der Waals surface area contributed by atoms with Gasteiger partial charge < -0.3 is 15.5 Å². The summed E-state index contributed by atoms with van der Waals surface area (Å²) in [5.74, 6) is 0.707. The fourth-order valence-electron chi connectivity index (χ4n) is 2.79. The molecule has 0 aromatic heterocycles. The first-order chi connectivity index (χ1) is 8.97. The van der Waals surface area contributed by atoms with E-state index in [2.05, 4.69) is 11.8 Å². The van der Waals surface area contributed by atoms with E-state index in [1.165, 1.54) is 0 Å². The summed E-state index contributed by atoms with van der Waals surface area (Å²) in [5.41, 5.74) is 5.96. The lowest BCUT2D eigenvalue weighted by Gasteiger charge is -2.35. The number of piperazine rings is 1. The van der Waals surface area contributed by atoms with Crippen LogP contribution in [0.3, 0.4) is 0 Å². The lowest BCUT2D eigenvalue weighted by atomic mass is 10.1. The van der Waals surface area contributed by atoms with Gasteiger partial charge in [-0.15, -0.1) is 0 Å². The molecule has 2 saturated heterocycles. The molecule has 2 unspecified atom stereocenters. The zero-order valence-electron chi connectivity index (χ0n) is 11.8. The minimum atomic E-state index is 0.0893.